The average Bonchev–Trinajstić information content (AvgIpc) is 2.56. The van der Waals surface area contributed by atoms with E-state index >= 15 is 0 Å². The number of aliphatic hydroxyl groups is 1. The quantitative estimate of drug-likeness (QED) is 0.771. The van der Waals surface area contributed by atoms with Crippen LogP contribution in [0.4, 0.5) is 4.39 Å². The second-order valence-electron chi connectivity index (χ2n) is 3.77. The highest BCUT2D eigenvalue weighted by molar-refractivity contribution is 5.17. The van der Waals surface area contributed by atoms with Gasteiger partial charge in [-0.3, -0.25) is 4.90 Å². The number of benzene rings is 1. The molecule has 2 rings (SSSR count). The molecule has 2 nitrogen and oxygen atoms in total. The molecule has 1 saturated heterocycles. The van der Waals surface area contributed by atoms with Crippen molar-refractivity contribution in [2.75, 3.05) is 13.1 Å². The third kappa shape index (κ3) is 2.11. The lowest BCUT2D eigenvalue weighted by atomic mass is 10.2. The monoisotopic (exact) mass is 195 g/mol. The maximum absolute atomic E-state index is 13.3. The first-order valence-corrected chi connectivity index (χ1v) is 4.89. The van der Waals surface area contributed by atoms with Crippen LogP contribution < -0.4 is 0 Å². The Kier molecular flexibility index (Phi) is 2.79. The summed E-state index contributed by atoms with van der Waals surface area (Å²) in [4.78, 5) is 2.07. The van der Waals surface area contributed by atoms with Crippen LogP contribution in [0.2, 0.25) is 0 Å². The minimum absolute atomic E-state index is 0.158. The van der Waals surface area contributed by atoms with E-state index in [9.17, 15) is 9.50 Å². The normalized spacial score (nSPS) is 22.9. The first-order chi connectivity index (χ1) is 6.75. The maximum atomic E-state index is 13.3. The molecule has 0 aliphatic carbocycles. The van der Waals surface area contributed by atoms with Gasteiger partial charge in [0.25, 0.3) is 0 Å². The molecule has 1 atom stereocenters. The molecule has 1 heterocycles. The highest BCUT2D eigenvalue weighted by Crippen LogP contribution is 2.15. The number of nitrogens with zero attached hydrogens (tertiary/aromatic N) is 1. The van der Waals surface area contributed by atoms with E-state index in [0.29, 0.717) is 18.7 Å². The summed E-state index contributed by atoms with van der Waals surface area (Å²) in [6.45, 7) is 2.12. The van der Waals surface area contributed by atoms with Crippen molar-refractivity contribution in [2.45, 2.75) is 19.1 Å². The van der Waals surface area contributed by atoms with E-state index in [1.54, 1.807) is 12.1 Å². The lowest BCUT2D eigenvalue weighted by Gasteiger charge is -2.14. The highest BCUT2D eigenvalue weighted by atomic mass is 19.1. The summed E-state index contributed by atoms with van der Waals surface area (Å²) in [6.07, 6.45) is 0.566. The summed E-state index contributed by atoms with van der Waals surface area (Å²) in [5.74, 6) is -0.158. The predicted octanol–water partition coefficient (Wildman–Crippen LogP) is 1.39. The second kappa shape index (κ2) is 4.07. The summed E-state index contributed by atoms with van der Waals surface area (Å²) >= 11 is 0. The van der Waals surface area contributed by atoms with Crippen molar-refractivity contribution in [3.05, 3.63) is 35.6 Å². The summed E-state index contributed by atoms with van der Waals surface area (Å²) in [7, 11) is 0. The Labute approximate surface area is 83.0 Å². The van der Waals surface area contributed by atoms with Gasteiger partial charge in [-0.05, 0) is 12.5 Å². The topological polar surface area (TPSA) is 23.5 Å². The van der Waals surface area contributed by atoms with E-state index in [0.717, 1.165) is 13.0 Å². The van der Waals surface area contributed by atoms with Gasteiger partial charge < -0.3 is 5.11 Å². The van der Waals surface area contributed by atoms with Crippen molar-refractivity contribution in [3.63, 3.8) is 0 Å². The van der Waals surface area contributed by atoms with Crippen molar-refractivity contribution in [3.8, 4) is 0 Å². The Morgan fingerprint density at radius 1 is 1.43 bits per heavy atom. The minimum atomic E-state index is -0.234. The van der Waals surface area contributed by atoms with Gasteiger partial charge in [0.2, 0.25) is 0 Å². The van der Waals surface area contributed by atoms with Crippen LogP contribution in [-0.2, 0) is 6.54 Å². The fourth-order valence-electron chi connectivity index (χ4n) is 1.82. The molecule has 1 aliphatic rings. The van der Waals surface area contributed by atoms with Gasteiger partial charge in [0, 0.05) is 25.2 Å². The van der Waals surface area contributed by atoms with Crippen LogP contribution in [0.5, 0.6) is 0 Å². The van der Waals surface area contributed by atoms with Crippen molar-refractivity contribution in [1.29, 1.82) is 0 Å². The molecule has 76 valence electrons. The number of hydrogen-bond donors (Lipinski definition) is 1. The Morgan fingerprint density at radius 3 is 2.86 bits per heavy atom. The van der Waals surface area contributed by atoms with E-state index in [1.165, 1.54) is 6.07 Å². The van der Waals surface area contributed by atoms with E-state index in [-0.39, 0.29) is 11.9 Å². The van der Waals surface area contributed by atoms with E-state index in [1.807, 2.05) is 6.07 Å². The largest absolute Gasteiger partial charge is 0.392 e. The van der Waals surface area contributed by atoms with Gasteiger partial charge in [-0.25, -0.2) is 4.39 Å². The molecule has 1 N–H and O–H groups in total. The van der Waals surface area contributed by atoms with E-state index < -0.39 is 0 Å². The van der Waals surface area contributed by atoms with Crippen LogP contribution >= 0.6 is 0 Å². The fourth-order valence-corrected chi connectivity index (χ4v) is 1.82. The molecule has 0 amide bonds. The van der Waals surface area contributed by atoms with Gasteiger partial charge in [-0.15, -0.1) is 0 Å². The minimum Gasteiger partial charge on any atom is -0.392 e. The second-order valence-corrected chi connectivity index (χ2v) is 3.77. The van der Waals surface area contributed by atoms with Gasteiger partial charge in [0.05, 0.1) is 6.10 Å². The first kappa shape index (κ1) is 9.62. The molecule has 0 spiro atoms. The molecule has 1 aromatic carbocycles. The van der Waals surface area contributed by atoms with E-state index in [2.05, 4.69) is 4.90 Å². The SMILES string of the molecule is OC1CCN(Cc2ccccc2F)C1. The molecule has 0 radical (unpaired) electrons. The zero-order valence-electron chi connectivity index (χ0n) is 7.99. The first-order valence-electron chi connectivity index (χ1n) is 4.89. The summed E-state index contributed by atoms with van der Waals surface area (Å²) < 4.78 is 13.3. The zero-order chi connectivity index (χ0) is 9.97. The van der Waals surface area contributed by atoms with E-state index in [4.69, 9.17) is 0 Å². The summed E-state index contributed by atoms with van der Waals surface area (Å²) in [5.41, 5.74) is 0.710. The van der Waals surface area contributed by atoms with Crippen LogP contribution in [0, 0.1) is 5.82 Å². The molecule has 1 aliphatic heterocycles. The van der Waals surface area contributed by atoms with Gasteiger partial charge in [0.15, 0.2) is 0 Å². The lowest BCUT2D eigenvalue weighted by molar-refractivity contribution is 0.174. The Balaban J connectivity index is 2.01. The number of likely N-dealkylation sites (tertiary alicyclic amines) is 1. The summed E-state index contributed by atoms with van der Waals surface area (Å²) in [6, 6.07) is 6.80. The van der Waals surface area contributed by atoms with Gasteiger partial charge in [-0.2, -0.15) is 0 Å². The van der Waals surface area contributed by atoms with Crippen molar-refractivity contribution in [2.24, 2.45) is 0 Å². The van der Waals surface area contributed by atoms with Gasteiger partial charge in [-0.1, -0.05) is 18.2 Å². The van der Waals surface area contributed by atoms with Crippen molar-refractivity contribution < 1.29 is 9.50 Å². The molecule has 1 fully saturated rings. The lowest BCUT2D eigenvalue weighted by Crippen LogP contribution is -2.21. The number of hydrogen-bond acceptors (Lipinski definition) is 2. The van der Waals surface area contributed by atoms with Crippen LogP contribution in [0.3, 0.4) is 0 Å². The molecule has 3 heteroatoms. The predicted molar refractivity (Wildman–Crippen MR) is 52.3 cm³/mol. The smallest absolute Gasteiger partial charge is 0.127 e. The molecule has 0 aromatic heterocycles. The average molecular weight is 195 g/mol. The third-order valence-corrected chi connectivity index (χ3v) is 2.60. The standard InChI is InChI=1S/C11H14FNO/c12-11-4-2-1-3-9(11)7-13-6-5-10(14)8-13/h1-4,10,14H,5-8H2. The fraction of sp³-hybridized carbons (Fsp3) is 0.455. The van der Waals surface area contributed by atoms with Crippen LogP contribution in [0.1, 0.15) is 12.0 Å². The Hall–Kier alpha value is -0.930. The molecular weight excluding hydrogens is 181 g/mol. The molecule has 1 aromatic rings. The number of halogens is 1. The van der Waals surface area contributed by atoms with Gasteiger partial charge in [0.1, 0.15) is 5.82 Å². The third-order valence-electron chi connectivity index (χ3n) is 2.60. The van der Waals surface area contributed by atoms with Crippen molar-refractivity contribution >= 4 is 0 Å². The van der Waals surface area contributed by atoms with Crippen molar-refractivity contribution in [1.82, 2.24) is 4.90 Å². The highest BCUT2D eigenvalue weighted by Gasteiger charge is 2.20. The van der Waals surface area contributed by atoms with Crippen LogP contribution in [-0.4, -0.2) is 29.2 Å². The Bertz CT molecular complexity index is 316. The number of rotatable bonds is 2. The number of β-amino-alcohol motifs (C(OH)–C–C–N with tert-alkyl or cyclic N) is 1. The summed E-state index contributed by atoms with van der Waals surface area (Å²) in [5, 5.41) is 9.31. The molecule has 1 unspecified atom stereocenters. The number of aliphatic hydroxyl groups excluding tert-OH is 1. The Morgan fingerprint density at radius 2 is 2.21 bits per heavy atom. The van der Waals surface area contributed by atoms with Gasteiger partial charge >= 0.3 is 0 Å². The van der Waals surface area contributed by atoms with Crippen LogP contribution in [0.25, 0.3) is 0 Å². The zero-order valence-corrected chi connectivity index (χ0v) is 7.99. The maximum Gasteiger partial charge on any atom is 0.127 e. The molecule has 0 saturated carbocycles. The molecular formula is C11H14FNO. The molecule has 14 heavy (non-hydrogen) atoms. The molecule has 0 bridgehead atoms. The van der Waals surface area contributed by atoms with Crippen LogP contribution in [0.15, 0.2) is 24.3 Å².